The Labute approximate surface area is 211 Å². The Kier molecular flexibility index (Phi) is 5.91. The van der Waals surface area contributed by atoms with E-state index in [2.05, 4.69) is 42.5 Å². The van der Waals surface area contributed by atoms with Gasteiger partial charge in [0, 0.05) is 80.8 Å². The van der Waals surface area contributed by atoms with E-state index in [1.165, 1.54) is 31.2 Å². The van der Waals surface area contributed by atoms with Crippen molar-refractivity contribution in [2.24, 2.45) is 0 Å². The number of rotatable bonds is 6. The molecule has 0 saturated carbocycles. The molecule has 9 nitrogen and oxygen atoms in total. The van der Waals surface area contributed by atoms with Crippen LogP contribution in [0.25, 0.3) is 10.9 Å². The first-order valence-corrected chi connectivity index (χ1v) is 13.5. The maximum atomic E-state index is 5.67. The van der Waals surface area contributed by atoms with Gasteiger partial charge in [-0.15, -0.1) is 0 Å². The maximum absolute atomic E-state index is 5.67. The zero-order valence-electron chi connectivity index (χ0n) is 20.7. The molecule has 9 heteroatoms. The van der Waals surface area contributed by atoms with Crippen LogP contribution in [-0.2, 0) is 11.3 Å². The van der Waals surface area contributed by atoms with Gasteiger partial charge in [-0.1, -0.05) is 6.07 Å². The van der Waals surface area contributed by atoms with E-state index in [9.17, 15) is 0 Å². The van der Waals surface area contributed by atoms with Crippen LogP contribution in [0, 0.1) is 0 Å². The van der Waals surface area contributed by atoms with Gasteiger partial charge in [0.05, 0.1) is 6.61 Å². The molecule has 0 aromatic carbocycles. The summed E-state index contributed by atoms with van der Waals surface area (Å²) in [5.74, 6) is 2.71. The Morgan fingerprint density at radius 1 is 0.972 bits per heavy atom. The van der Waals surface area contributed by atoms with Gasteiger partial charge in [0.1, 0.15) is 11.3 Å². The van der Waals surface area contributed by atoms with Crippen molar-refractivity contribution in [2.45, 2.75) is 56.7 Å². The first kappa shape index (κ1) is 22.3. The molecular formula is C27H34N8O. The predicted molar refractivity (Wildman–Crippen MR) is 140 cm³/mol. The molecule has 0 aliphatic carbocycles. The van der Waals surface area contributed by atoms with Crippen molar-refractivity contribution < 1.29 is 4.74 Å². The van der Waals surface area contributed by atoms with Crippen molar-refractivity contribution >= 4 is 28.5 Å². The lowest BCUT2D eigenvalue weighted by molar-refractivity contribution is 0.193. The summed E-state index contributed by atoms with van der Waals surface area (Å²) in [4.78, 5) is 24.5. The van der Waals surface area contributed by atoms with Crippen molar-refractivity contribution in [3.05, 3.63) is 41.9 Å². The van der Waals surface area contributed by atoms with E-state index in [4.69, 9.17) is 14.7 Å². The number of ether oxygens (including phenoxy) is 1. The van der Waals surface area contributed by atoms with E-state index in [0.29, 0.717) is 23.9 Å². The lowest BCUT2D eigenvalue weighted by Gasteiger charge is -2.27. The number of nitrogens with one attached hydrogen (secondary N) is 2. The number of hydrogen-bond acceptors (Lipinski definition) is 9. The summed E-state index contributed by atoms with van der Waals surface area (Å²) < 4.78 is 5.67. The second-order valence-electron chi connectivity index (χ2n) is 10.6. The van der Waals surface area contributed by atoms with Crippen LogP contribution < -0.4 is 15.5 Å². The highest BCUT2D eigenvalue weighted by molar-refractivity contribution is 5.90. The zero-order chi connectivity index (χ0) is 23.9. The van der Waals surface area contributed by atoms with E-state index in [0.717, 1.165) is 80.6 Å². The first-order chi connectivity index (χ1) is 17.8. The van der Waals surface area contributed by atoms with Gasteiger partial charge < -0.3 is 20.3 Å². The van der Waals surface area contributed by atoms with Crippen LogP contribution >= 0.6 is 0 Å². The number of nitrogens with zero attached hydrogens (tertiary/aromatic N) is 6. The summed E-state index contributed by atoms with van der Waals surface area (Å²) in [6.45, 7) is 6.76. The van der Waals surface area contributed by atoms with Crippen LogP contribution in [0.3, 0.4) is 0 Å². The summed E-state index contributed by atoms with van der Waals surface area (Å²) in [6, 6.07) is 7.50. The summed E-state index contributed by atoms with van der Waals surface area (Å²) in [5, 5.41) is 7.79. The molecule has 2 bridgehead atoms. The molecule has 2 N–H and O–H groups in total. The number of pyridine rings is 2. The minimum Gasteiger partial charge on any atom is -0.381 e. The largest absolute Gasteiger partial charge is 0.381 e. The Morgan fingerprint density at radius 3 is 2.53 bits per heavy atom. The third-order valence-electron chi connectivity index (χ3n) is 8.29. The van der Waals surface area contributed by atoms with Crippen LogP contribution in [0.1, 0.15) is 49.3 Å². The van der Waals surface area contributed by atoms with Gasteiger partial charge in [-0.2, -0.15) is 0 Å². The minimum atomic E-state index is 0.357. The molecule has 7 heterocycles. The highest BCUT2D eigenvalue weighted by Gasteiger charge is 2.41. The van der Waals surface area contributed by atoms with Crippen molar-refractivity contribution in [1.29, 1.82) is 0 Å². The fourth-order valence-corrected chi connectivity index (χ4v) is 6.35. The molecule has 0 radical (unpaired) electrons. The lowest BCUT2D eigenvalue weighted by Crippen LogP contribution is -2.42. The van der Waals surface area contributed by atoms with Gasteiger partial charge in [0.15, 0.2) is 5.82 Å². The molecule has 1 atom stereocenters. The number of fused-ring (bicyclic) bond motifs is 3. The molecule has 36 heavy (non-hydrogen) atoms. The number of hydrogen-bond donors (Lipinski definition) is 2. The molecule has 4 aliphatic heterocycles. The Hall–Kier alpha value is -2.88. The average molecular weight is 487 g/mol. The smallest absolute Gasteiger partial charge is 0.229 e. The molecule has 1 unspecified atom stereocenters. The van der Waals surface area contributed by atoms with Crippen LogP contribution in [0.2, 0.25) is 0 Å². The molecule has 3 aromatic heterocycles. The van der Waals surface area contributed by atoms with E-state index in [-0.39, 0.29) is 0 Å². The van der Waals surface area contributed by atoms with Gasteiger partial charge in [0.2, 0.25) is 5.95 Å². The quantitative estimate of drug-likeness (QED) is 0.545. The SMILES string of the molecule is c1cc(Nc2ncc3cc(C4CCOC4)nc(N4C5CCC4CC5)c3n2)ncc1CN1CCNCC1. The van der Waals surface area contributed by atoms with E-state index in [1.807, 2.05) is 18.5 Å². The Balaban J connectivity index is 1.17. The van der Waals surface area contributed by atoms with Crippen molar-refractivity contribution in [3.63, 3.8) is 0 Å². The molecule has 4 saturated heterocycles. The third-order valence-corrected chi connectivity index (χ3v) is 8.29. The highest BCUT2D eigenvalue weighted by Crippen LogP contribution is 2.43. The number of anilines is 3. The first-order valence-electron chi connectivity index (χ1n) is 13.5. The Bertz CT molecular complexity index is 1200. The van der Waals surface area contributed by atoms with Gasteiger partial charge >= 0.3 is 0 Å². The van der Waals surface area contributed by atoms with Gasteiger partial charge in [-0.05, 0) is 49.8 Å². The molecule has 4 fully saturated rings. The molecule has 188 valence electrons. The lowest BCUT2D eigenvalue weighted by atomic mass is 10.0. The summed E-state index contributed by atoms with van der Waals surface area (Å²) in [7, 11) is 0. The fourth-order valence-electron chi connectivity index (χ4n) is 6.35. The topological polar surface area (TPSA) is 91.3 Å². The van der Waals surface area contributed by atoms with Crippen LogP contribution in [0.15, 0.2) is 30.6 Å². The maximum Gasteiger partial charge on any atom is 0.229 e. The molecule has 7 rings (SSSR count). The van der Waals surface area contributed by atoms with Crippen molar-refractivity contribution in [1.82, 2.24) is 30.2 Å². The van der Waals surface area contributed by atoms with Crippen LogP contribution in [0.4, 0.5) is 17.6 Å². The zero-order valence-corrected chi connectivity index (χ0v) is 20.7. The summed E-state index contributed by atoms with van der Waals surface area (Å²) in [5.41, 5.74) is 3.28. The summed E-state index contributed by atoms with van der Waals surface area (Å²) >= 11 is 0. The van der Waals surface area contributed by atoms with E-state index in [1.54, 1.807) is 0 Å². The van der Waals surface area contributed by atoms with E-state index >= 15 is 0 Å². The van der Waals surface area contributed by atoms with Crippen LogP contribution in [-0.4, -0.2) is 76.3 Å². The third kappa shape index (κ3) is 4.29. The minimum absolute atomic E-state index is 0.357. The molecular weight excluding hydrogens is 452 g/mol. The molecule has 3 aromatic rings. The monoisotopic (exact) mass is 486 g/mol. The van der Waals surface area contributed by atoms with Gasteiger partial charge in [-0.25, -0.2) is 19.9 Å². The Morgan fingerprint density at radius 2 is 1.81 bits per heavy atom. The predicted octanol–water partition coefficient (Wildman–Crippen LogP) is 3.20. The molecule has 0 spiro atoms. The van der Waals surface area contributed by atoms with Gasteiger partial charge in [-0.3, -0.25) is 4.90 Å². The second kappa shape index (κ2) is 9.53. The molecule has 4 aliphatic rings. The average Bonchev–Trinajstić information content (AvgIpc) is 3.68. The number of piperazine rings is 1. The molecule has 0 amide bonds. The van der Waals surface area contributed by atoms with Crippen molar-refractivity contribution in [2.75, 3.05) is 49.6 Å². The highest BCUT2D eigenvalue weighted by atomic mass is 16.5. The number of aromatic nitrogens is 4. The summed E-state index contributed by atoms with van der Waals surface area (Å²) in [6.07, 6.45) is 9.94. The van der Waals surface area contributed by atoms with Crippen molar-refractivity contribution in [3.8, 4) is 0 Å². The standard InChI is InChI=1S/C27H34N8O/c1-6-24(29-14-18(1)16-34-10-8-28-9-11-34)32-27-30-15-20-13-23(19-7-12-36-17-19)31-26(25(20)33-27)35-21-2-3-22(35)5-4-21/h1,6,13-15,19,21-22,28H,2-5,7-12,16-17H2,(H,29,30,32,33). The normalized spacial score (nSPS) is 26.2. The second-order valence-corrected chi connectivity index (χ2v) is 10.6. The van der Waals surface area contributed by atoms with Gasteiger partial charge in [0.25, 0.3) is 0 Å². The van der Waals surface area contributed by atoms with E-state index < -0.39 is 0 Å². The fraction of sp³-hybridized carbons (Fsp3) is 0.556. The van der Waals surface area contributed by atoms with Crippen LogP contribution in [0.5, 0.6) is 0 Å².